The van der Waals surface area contributed by atoms with Crippen LogP contribution in [0.1, 0.15) is 13.3 Å². The Hall–Kier alpha value is 0.354. The molecule has 0 fully saturated rings. The average molecular weight is 190 g/mol. The first-order chi connectivity index (χ1) is 4.87. The largest absolute Gasteiger partial charge is 0.353 e. The average Bonchev–Trinajstić information content (AvgIpc) is 1.87. The third kappa shape index (κ3) is 2.70. The fourth-order valence-corrected chi connectivity index (χ4v) is 7.45. The van der Waals surface area contributed by atoms with Gasteiger partial charge >= 0.3 is 0 Å². The Balaban J connectivity index is 4.26. The molecule has 0 saturated heterocycles. The Bertz CT molecular complexity index is 124. The second-order valence-electron chi connectivity index (χ2n) is 4.26. The number of rotatable bonds is 4. The molecule has 4 N–H and O–H groups in total. The molecule has 68 valence electrons. The standard InChI is InChI=1S/C7H22N2Si2/c1-5-6-11(4,9)10(2,3)7-8/h5-9H2,1-4H3. The molecule has 1 unspecified atom stereocenters. The van der Waals surface area contributed by atoms with Crippen LogP contribution in [-0.4, -0.2) is 21.5 Å². The lowest BCUT2D eigenvalue weighted by Crippen LogP contribution is -2.67. The molecule has 0 heterocycles. The predicted octanol–water partition coefficient (Wildman–Crippen LogP) is 1.22. The summed E-state index contributed by atoms with van der Waals surface area (Å²) in [5.74, 6) is 0. The quantitative estimate of drug-likeness (QED) is 0.655. The fraction of sp³-hybridized carbons (Fsp3) is 1.00. The Morgan fingerprint density at radius 2 is 1.64 bits per heavy atom. The first-order valence-corrected chi connectivity index (χ1v) is 11.4. The molecule has 0 aliphatic rings. The van der Waals surface area contributed by atoms with Crippen LogP contribution in [0.2, 0.25) is 25.7 Å². The molecule has 0 rings (SSSR count). The summed E-state index contributed by atoms with van der Waals surface area (Å²) in [7, 11) is -2.65. The minimum Gasteiger partial charge on any atom is -0.353 e. The van der Waals surface area contributed by atoms with E-state index >= 15 is 0 Å². The van der Waals surface area contributed by atoms with E-state index < -0.39 is 15.3 Å². The highest BCUT2D eigenvalue weighted by Gasteiger charge is 2.39. The van der Waals surface area contributed by atoms with E-state index in [2.05, 4.69) is 26.6 Å². The summed E-state index contributed by atoms with van der Waals surface area (Å²) in [4.78, 5) is 0. The summed E-state index contributed by atoms with van der Waals surface area (Å²) in [6.07, 6.45) is 2.07. The molecule has 11 heavy (non-hydrogen) atoms. The van der Waals surface area contributed by atoms with Gasteiger partial charge in [0.2, 0.25) is 0 Å². The Kier molecular flexibility index (Phi) is 3.97. The summed E-state index contributed by atoms with van der Waals surface area (Å²) >= 11 is 0. The second kappa shape index (κ2) is 3.84. The minimum absolute atomic E-state index is 0.853. The summed E-state index contributed by atoms with van der Waals surface area (Å²) in [6.45, 7) is 9.15. The van der Waals surface area contributed by atoms with Crippen molar-refractivity contribution in [1.82, 2.24) is 0 Å². The second-order valence-corrected chi connectivity index (χ2v) is 19.3. The lowest BCUT2D eigenvalue weighted by molar-refractivity contribution is 1.05. The van der Waals surface area contributed by atoms with Crippen LogP contribution in [0.4, 0.5) is 0 Å². The fourth-order valence-electron chi connectivity index (χ4n) is 1.09. The third-order valence-electron chi connectivity index (χ3n) is 2.83. The van der Waals surface area contributed by atoms with Crippen LogP contribution in [0.5, 0.6) is 0 Å². The summed E-state index contributed by atoms with van der Waals surface area (Å²) < 4.78 is 0. The Morgan fingerprint density at radius 3 is 1.91 bits per heavy atom. The highest BCUT2D eigenvalue weighted by molar-refractivity contribution is 7.40. The van der Waals surface area contributed by atoms with E-state index in [0.717, 1.165) is 6.17 Å². The van der Waals surface area contributed by atoms with Gasteiger partial charge in [-0.2, -0.15) is 0 Å². The molecule has 0 bridgehead atoms. The van der Waals surface area contributed by atoms with Crippen molar-refractivity contribution in [2.24, 2.45) is 11.1 Å². The first-order valence-electron chi connectivity index (χ1n) is 4.36. The zero-order valence-corrected chi connectivity index (χ0v) is 10.3. The number of hydrogen-bond acceptors (Lipinski definition) is 2. The lowest BCUT2D eigenvalue weighted by Gasteiger charge is -2.36. The molecule has 0 aromatic rings. The van der Waals surface area contributed by atoms with Gasteiger partial charge in [-0.3, -0.25) is 0 Å². The highest BCUT2D eigenvalue weighted by Crippen LogP contribution is 2.18. The van der Waals surface area contributed by atoms with Crippen LogP contribution in [-0.2, 0) is 0 Å². The molecule has 1 atom stereocenters. The van der Waals surface area contributed by atoms with Gasteiger partial charge in [0.25, 0.3) is 0 Å². The van der Waals surface area contributed by atoms with E-state index in [1.165, 1.54) is 12.5 Å². The van der Waals surface area contributed by atoms with Gasteiger partial charge in [0, 0.05) is 0 Å². The maximum atomic E-state index is 6.34. The van der Waals surface area contributed by atoms with Crippen molar-refractivity contribution in [3.63, 3.8) is 0 Å². The van der Waals surface area contributed by atoms with Crippen LogP contribution in [0.25, 0.3) is 0 Å². The van der Waals surface area contributed by atoms with E-state index in [1.54, 1.807) is 0 Å². The molecule has 0 aromatic carbocycles. The van der Waals surface area contributed by atoms with Gasteiger partial charge in [0.15, 0.2) is 0 Å². The van der Waals surface area contributed by atoms with E-state index in [4.69, 9.17) is 11.1 Å². The van der Waals surface area contributed by atoms with Crippen LogP contribution >= 0.6 is 0 Å². The van der Waals surface area contributed by atoms with Crippen LogP contribution < -0.4 is 11.1 Å². The maximum Gasteiger partial charge on any atom is 0.111 e. The van der Waals surface area contributed by atoms with Gasteiger partial charge in [-0.1, -0.05) is 33.0 Å². The van der Waals surface area contributed by atoms with Crippen molar-refractivity contribution < 1.29 is 0 Å². The van der Waals surface area contributed by atoms with Gasteiger partial charge in [-0.25, -0.2) is 0 Å². The van der Waals surface area contributed by atoms with Gasteiger partial charge in [-0.05, 0) is 12.2 Å². The first kappa shape index (κ1) is 11.4. The predicted molar refractivity (Wildman–Crippen MR) is 57.4 cm³/mol. The molecular formula is C7H22N2Si2. The topological polar surface area (TPSA) is 52.0 Å². The van der Waals surface area contributed by atoms with Crippen LogP contribution in [0.3, 0.4) is 0 Å². The zero-order valence-electron chi connectivity index (χ0n) is 8.28. The van der Waals surface area contributed by atoms with Crippen molar-refractivity contribution >= 4 is 15.3 Å². The van der Waals surface area contributed by atoms with Crippen LogP contribution in [0.15, 0.2) is 0 Å². The molecule has 0 aromatic heterocycles. The Morgan fingerprint density at radius 1 is 1.18 bits per heavy atom. The monoisotopic (exact) mass is 190 g/mol. The van der Waals surface area contributed by atoms with Gasteiger partial charge < -0.3 is 11.1 Å². The Labute approximate surface area is 72.2 Å². The summed E-state index contributed by atoms with van der Waals surface area (Å²) in [5, 5.41) is 6.34. The normalized spacial score (nSPS) is 18.0. The number of nitrogens with two attached hydrogens (primary N) is 2. The minimum atomic E-state index is -1.42. The van der Waals surface area contributed by atoms with Crippen molar-refractivity contribution in [3.8, 4) is 0 Å². The molecular weight excluding hydrogens is 168 g/mol. The zero-order chi connectivity index (χ0) is 9.12. The van der Waals surface area contributed by atoms with E-state index in [1.807, 2.05) is 0 Å². The summed E-state index contributed by atoms with van der Waals surface area (Å²) in [6, 6.07) is 1.24. The van der Waals surface area contributed by atoms with E-state index in [9.17, 15) is 0 Å². The van der Waals surface area contributed by atoms with Gasteiger partial charge in [0.05, 0.1) is 7.59 Å². The SMILES string of the molecule is CCC[Si](C)(N)[Si](C)(C)CN. The van der Waals surface area contributed by atoms with Gasteiger partial charge in [-0.15, -0.1) is 0 Å². The molecule has 0 amide bonds. The molecule has 0 saturated carbocycles. The van der Waals surface area contributed by atoms with Gasteiger partial charge in [0.1, 0.15) is 7.75 Å². The van der Waals surface area contributed by atoms with Crippen molar-refractivity contribution in [2.45, 2.75) is 39.0 Å². The molecule has 0 radical (unpaired) electrons. The van der Waals surface area contributed by atoms with E-state index in [-0.39, 0.29) is 0 Å². The summed E-state index contributed by atoms with van der Waals surface area (Å²) in [5.41, 5.74) is 5.74. The van der Waals surface area contributed by atoms with Crippen molar-refractivity contribution in [1.29, 1.82) is 0 Å². The molecule has 0 aliphatic heterocycles. The maximum absolute atomic E-state index is 6.34. The number of hydrogen-bond donors (Lipinski definition) is 2. The highest BCUT2D eigenvalue weighted by atomic mass is 29.3. The van der Waals surface area contributed by atoms with Crippen molar-refractivity contribution in [2.75, 3.05) is 6.17 Å². The molecule has 0 spiro atoms. The molecule has 2 nitrogen and oxygen atoms in total. The molecule has 4 heteroatoms. The van der Waals surface area contributed by atoms with Crippen molar-refractivity contribution in [3.05, 3.63) is 0 Å². The molecule has 0 aliphatic carbocycles. The van der Waals surface area contributed by atoms with E-state index in [0.29, 0.717) is 0 Å². The lowest BCUT2D eigenvalue weighted by atomic mass is 10.6. The van der Waals surface area contributed by atoms with Crippen LogP contribution in [0, 0.1) is 0 Å². The smallest absolute Gasteiger partial charge is 0.111 e. The third-order valence-corrected chi connectivity index (χ3v) is 19.1.